The molecular weight excluding hydrogens is 166 g/mol. The van der Waals surface area contributed by atoms with E-state index in [2.05, 4.69) is 0 Å². The summed E-state index contributed by atoms with van der Waals surface area (Å²) < 4.78 is 0. The molecule has 0 aromatic carbocycles. The lowest BCUT2D eigenvalue weighted by molar-refractivity contribution is -0.123. The molecule has 3 N–H and O–H groups in total. The Kier molecular flexibility index (Phi) is 2.02. The Balaban J connectivity index is 2.89. The Morgan fingerprint density at radius 3 is 2.64 bits per heavy atom. The summed E-state index contributed by atoms with van der Waals surface area (Å²) in [6.07, 6.45) is 5.97. The fourth-order valence-corrected chi connectivity index (χ4v) is 1.15. The molecular formula is C7H8ClNO2. The molecule has 0 heterocycles. The Labute approximate surface area is 69.1 Å². The highest BCUT2D eigenvalue weighted by Gasteiger charge is 2.35. The van der Waals surface area contributed by atoms with E-state index in [1.807, 2.05) is 0 Å². The molecule has 1 rings (SSSR count). The van der Waals surface area contributed by atoms with E-state index < -0.39 is 16.9 Å². The minimum atomic E-state index is -1.65. The number of primary amides is 1. The molecule has 0 saturated heterocycles. The second-order valence-electron chi connectivity index (χ2n) is 2.35. The van der Waals surface area contributed by atoms with Crippen LogP contribution in [0.15, 0.2) is 24.3 Å². The van der Waals surface area contributed by atoms with Gasteiger partial charge < -0.3 is 10.8 Å². The molecule has 1 aliphatic carbocycles. The van der Waals surface area contributed by atoms with Crippen molar-refractivity contribution in [3.05, 3.63) is 24.3 Å². The number of alkyl halides is 1. The minimum absolute atomic E-state index is 0.636. The lowest BCUT2D eigenvalue weighted by atomic mass is 9.96. The summed E-state index contributed by atoms with van der Waals surface area (Å²) in [4.78, 5) is 10.7. The second-order valence-corrected chi connectivity index (χ2v) is 2.96. The highest BCUT2D eigenvalue weighted by Crippen LogP contribution is 2.27. The molecule has 3 nitrogen and oxygen atoms in total. The molecule has 1 amide bonds. The summed E-state index contributed by atoms with van der Waals surface area (Å²) in [5.74, 6) is -1.47. The zero-order chi connectivity index (χ0) is 8.48. The van der Waals surface area contributed by atoms with Gasteiger partial charge in [-0.15, -0.1) is 0 Å². The van der Waals surface area contributed by atoms with Crippen LogP contribution in [0.5, 0.6) is 0 Å². The molecule has 0 saturated carbocycles. The maximum atomic E-state index is 10.7. The van der Waals surface area contributed by atoms with Gasteiger partial charge in [0.1, 0.15) is 5.92 Å². The third-order valence-electron chi connectivity index (χ3n) is 1.49. The van der Waals surface area contributed by atoms with E-state index in [0.717, 1.165) is 0 Å². The van der Waals surface area contributed by atoms with Crippen LogP contribution < -0.4 is 5.73 Å². The van der Waals surface area contributed by atoms with E-state index >= 15 is 0 Å². The van der Waals surface area contributed by atoms with Crippen LogP contribution in [-0.4, -0.2) is 16.1 Å². The first-order valence-electron chi connectivity index (χ1n) is 3.10. The Hall–Kier alpha value is -0.800. The highest BCUT2D eigenvalue weighted by molar-refractivity contribution is 6.25. The molecule has 0 radical (unpaired) electrons. The zero-order valence-corrected chi connectivity index (χ0v) is 6.45. The van der Waals surface area contributed by atoms with Gasteiger partial charge in [0.05, 0.1) is 0 Å². The van der Waals surface area contributed by atoms with E-state index in [-0.39, 0.29) is 0 Å². The maximum Gasteiger partial charge on any atom is 0.228 e. The summed E-state index contributed by atoms with van der Waals surface area (Å²) in [6.45, 7) is 0. The normalized spacial score (nSPS) is 35.6. The molecule has 0 spiro atoms. The first-order valence-corrected chi connectivity index (χ1v) is 3.48. The number of aliphatic hydroxyl groups is 1. The predicted octanol–water partition coefficient (Wildman–Crippen LogP) is 0.141. The summed E-state index contributed by atoms with van der Waals surface area (Å²) in [5, 5.41) is 7.68. The number of halogens is 1. The van der Waals surface area contributed by atoms with Crippen molar-refractivity contribution in [1.82, 2.24) is 0 Å². The number of hydrogen-bond donors (Lipinski definition) is 2. The van der Waals surface area contributed by atoms with E-state index in [1.165, 1.54) is 12.2 Å². The molecule has 0 aliphatic heterocycles. The van der Waals surface area contributed by atoms with Crippen LogP contribution in [0.4, 0.5) is 0 Å². The monoisotopic (exact) mass is 173 g/mol. The predicted molar refractivity (Wildman–Crippen MR) is 41.8 cm³/mol. The first kappa shape index (κ1) is 8.30. The molecule has 4 heteroatoms. The van der Waals surface area contributed by atoms with Gasteiger partial charge >= 0.3 is 0 Å². The molecule has 60 valence electrons. The molecule has 2 atom stereocenters. The van der Waals surface area contributed by atoms with Crippen LogP contribution >= 0.6 is 11.6 Å². The van der Waals surface area contributed by atoms with Crippen molar-refractivity contribution in [2.24, 2.45) is 11.7 Å². The third-order valence-corrected chi connectivity index (χ3v) is 1.85. The average Bonchev–Trinajstić information content (AvgIpc) is 1.85. The quantitative estimate of drug-likeness (QED) is 0.554. The fraction of sp³-hybridized carbons (Fsp3) is 0.286. The van der Waals surface area contributed by atoms with Gasteiger partial charge in [-0.1, -0.05) is 29.8 Å². The summed E-state index contributed by atoms with van der Waals surface area (Å²) in [7, 11) is 0. The number of nitrogens with two attached hydrogens (primary N) is 1. The van der Waals surface area contributed by atoms with Crippen molar-refractivity contribution in [3.8, 4) is 0 Å². The number of hydrogen-bond acceptors (Lipinski definition) is 2. The van der Waals surface area contributed by atoms with Gasteiger partial charge in [-0.05, 0) is 6.08 Å². The Bertz CT molecular complexity index is 233. The van der Waals surface area contributed by atoms with E-state index in [4.69, 9.17) is 17.3 Å². The molecule has 0 aromatic heterocycles. The molecule has 2 unspecified atom stereocenters. The summed E-state index contributed by atoms with van der Waals surface area (Å²) >= 11 is 5.55. The number of amides is 1. The number of allylic oxidation sites excluding steroid dienone is 2. The molecule has 11 heavy (non-hydrogen) atoms. The van der Waals surface area contributed by atoms with Gasteiger partial charge in [0.2, 0.25) is 5.91 Å². The van der Waals surface area contributed by atoms with Crippen LogP contribution in [0, 0.1) is 5.92 Å². The number of carbonyl (C=O) groups is 1. The Morgan fingerprint density at radius 2 is 2.27 bits per heavy atom. The Morgan fingerprint density at radius 1 is 1.64 bits per heavy atom. The van der Waals surface area contributed by atoms with Crippen LogP contribution in [0.3, 0.4) is 0 Å². The first-order chi connectivity index (χ1) is 5.04. The topological polar surface area (TPSA) is 63.3 Å². The highest BCUT2D eigenvalue weighted by atomic mass is 35.5. The smallest absolute Gasteiger partial charge is 0.228 e. The summed E-state index contributed by atoms with van der Waals surface area (Å²) in [5.41, 5.74) is 4.97. The molecule has 0 fully saturated rings. The van der Waals surface area contributed by atoms with Crippen LogP contribution in [0.1, 0.15) is 0 Å². The van der Waals surface area contributed by atoms with E-state index in [9.17, 15) is 9.90 Å². The van der Waals surface area contributed by atoms with Crippen LogP contribution in [0.2, 0.25) is 0 Å². The largest absolute Gasteiger partial charge is 0.370 e. The maximum absolute atomic E-state index is 10.7. The SMILES string of the molecule is NC(=O)C1C=CC=CC1(O)Cl. The molecule has 1 aliphatic rings. The van der Waals surface area contributed by atoms with Gasteiger partial charge in [0.15, 0.2) is 5.06 Å². The zero-order valence-electron chi connectivity index (χ0n) is 5.70. The van der Waals surface area contributed by atoms with Gasteiger partial charge in [-0.3, -0.25) is 4.79 Å². The van der Waals surface area contributed by atoms with Gasteiger partial charge in [0, 0.05) is 0 Å². The number of rotatable bonds is 1. The van der Waals surface area contributed by atoms with Crippen molar-refractivity contribution in [2.45, 2.75) is 5.06 Å². The second kappa shape index (κ2) is 2.68. The van der Waals surface area contributed by atoms with Crippen LogP contribution in [0.25, 0.3) is 0 Å². The molecule has 0 bridgehead atoms. The lowest BCUT2D eigenvalue weighted by Gasteiger charge is -2.24. The lowest BCUT2D eigenvalue weighted by Crippen LogP contribution is -2.39. The fourth-order valence-electron chi connectivity index (χ4n) is 0.899. The van der Waals surface area contributed by atoms with Crippen molar-refractivity contribution >= 4 is 17.5 Å². The van der Waals surface area contributed by atoms with Gasteiger partial charge in [0.25, 0.3) is 0 Å². The third kappa shape index (κ3) is 1.61. The van der Waals surface area contributed by atoms with Crippen LogP contribution in [-0.2, 0) is 4.79 Å². The van der Waals surface area contributed by atoms with Crippen molar-refractivity contribution in [1.29, 1.82) is 0 Å². The van der Waals surface area contributed by atoms with Gasteiger partial charge in [-0.25, -0.2) is 0 Å². The molecule has 0 aromatic rings. The minimum Gasteiger partial charge on any atom is -0.370 e. The van der Waals surface area contributed by atoms with Crippen molar-refractivity contribution in [3.63, 3.8) is 0 Å². The van der Waals surface area contributed by atoms with E-state index in [1.54, 1.807) is 12.2 Å². The standard InChI is InChI=1S/C7H8ClNO2/c8-7(11)4-2-1-3-5(7)6(9)10/h1-5,11H,(H2,9,10). The number of carbonyl (C=O) groups excluding carboxylic acids is 1. The van der Waals surface area contributed by atoms with E-state index in [0.29, 0.717) is 0 Å². The van der Waals surface area contributed by atoms with Crippen molar-refractivity contribution < 1.29 is 9.90 Å². The average molecular weight is 174 g/mol. The summed E-state index contributed by atoms with van der Waals surface area (Å²) in [6, 6.07) is 0. The van der Waals surface area contributed by atoms with Gasteiger partial charge in [-0.2, -0.15) is 0 Å². The van der Waals surface area contributed by atoms with Crippen molar-refractivity contribution in [2.75, 3.05) is 0 Å².